The maximum absolute atomic E-state index is 13.3. The summed E-state index contributed by atoms with van der Waals surface area (Å²) in [6.45, 7) is 9.60. The van der Waals surface area contributed by atoms with Crippen molar-refractivity contribution in [2.24, 2.45) is 11.8 Å². The molecule has 34 heavy (non-hydrogen) atoms. The molecule has 0 spiro atoms. The Labute approximate surface area is 202 Å². The second-order valence-electron chi connectivity index (χ2n) is 9.35. The van der Waals surface area contributed by atoms with Gasteiger partial charge in [-0.2, -0.15) is 4.31 Å². The van der Waals surface area contributed by atoms with Crippen LogP contribution in [-0.2, 0) is 29.1 Å². The van der Waals surface area contributed by atoms with Gasteiger partial charge in [0, 0.05) is 13.1 Å². The highest BCUT2D eigenvalue weighted by Crippen LogP contribution is 2.28. The normalized spacial score (nSPS) is 16.2. The van der Waals surface area contributed by atoms with Gasteiger partial charge >= 0.3 is 11.9 Å². The summed E-state index contributed by atoms with van der Waals surface area (Å²) >= 11 is 0. The number of ether oxygens (including phenoxy) is 2. The van der Waals surface area contributed by atoms with Gasteiger partial charge in [0.25, 0.3) is 5.91 Å². The van der Waals surface area contributed by atoms with Crippen LogP contribution < -0.4 is 5.32 Å². The van der Waals surface area contributed by atoms with Crippen LogP contribution in [0.3, 0.4) is 0 Å². The van der Waals surface area contributed by atoms with Crippen LogP contribution in [0.4, 0.5) is 0 Å². The molecule has 1 heterocycles. The van der Waals surface area contributed by atoms with E-state index in [0.717, 1.165) is 12.8 Å². The maximum atomic E-state index is 13.3. The third-order valence-electron chi connectivity index (χ3n) is 6.08. The molecule has 10 heteroatoms. The molecule has 1 saturated heterocycles. The molecule has 0 radical (unpaired) electrons. The molecule has 0 aromatic heterocycles. The summed E-state index contributed by atoms with van der Waals surface area (Å²) in [5, 5.41) is 2.52. The molecule has 1 aromatic rings. The fourth-order valence-corrected chi connectivity index (χ4v) is 5.65. The van der Waals surface area contributed by atoms with Crippen molar-refractivity contribution in [1.29, 1.82) is 0 Å². The van der Waals surface area contributed by atoms with Crippen molar-refractivity contribution in [2.75, 3.05) is 26.8 Å². The van der Waals surface area contributed by atoms with E-state index in [1.165, 1.54) is 17.5 Å². The summed E-state index contributed by atoms with van der Waals surface area (Å²) in [6.07, 6.45) is 1.95. The highest BCUT2D eigenvalue weighted by atomic mass is 32.2. The molecule has 1 aliphatic rings. The molecule has 190 valence electrons. The number of carbonyl (C=O) groups is 3. The third kappa shape index (κ3) is 7.02. The van der Waals surface area contributed by atoms with Crippen molar-refractivity contribution in [2.45, 2.75) is 64.8 Å². The van der Waals surface area contributed by atoms with Crippen LogP contribution in [0.2, 0.25) is 0 Å². The lowest BCUT2D eigenvalue weighted by Gasteiger charge is -2.30. The molecule has 1 aliphatic heterocycles. The number of esters is 2. The molecule has 0 bridgehead atoms. The van der Waals surface area contributed by atoms with Crippen LogP contribution in [0.1, 0.15) is 61.5 Å². The minimum Gasteiger partial charge on any atom is -0.467 e. The van der Waals surface area contributed by atoms with E-state index in [1.807, 2.05) is 13.8 Å². The molecular weight excluding hydrogens is 460 g/mol. The first-order valence-corrected chi connectivity index (χ1v) is 13.0. The SMILES string of the molecule is COC(=O)C(CC(C)C)NC(=O)COC(=O)c1cc(C)c(C)c(S(=O)(=O)N2CCC(C)CC2)c1. The van der Waals surface area contributed by atoms with Gasteiger partial charge in [-0.15, -0.1) is 0 Å². The van der Waals surface area contributed by atoms with Crippen LogP contribution in [0.5, 0.6) is 0 Å². The summed E-state index contributed by atoms with van der Waals surface area (Å²) in [5.74, 6) is -1.44. The number of methoxy groups -OCH3 is 1. The largest absolute Gasteiger partial charge is 0.467 e. The molecule has 1 atom stereocenters. The average Bonchev–Trinajstić information content (AvgIpc) is 2.77. The predicted molar refractivity (Wildman–Crippen MR) is 127 cm³/mol. The second-order valence-corrected chi connectivity index (χ2v) is 11.3. The van der Waals surface area contributed by atoms with Gasteiger partial charge in [-0.05, 0) is 68.2 Å². The monoisotopic (exact) mass is 496 g/mol. The summed E-state index contributed by atoms with van der Waals surface area (Å²) in [5.41, 5.74) is 1.25. The van der Waals surface area contributed by atoms with E-state index in [9.17, 15) is 22.8 Å². The molecule has 0 aliphatic carbocycles. The second kappa shape index (κ2) is 11.8. The van der Waals surface area contributed by atoms with E-state index < -0.39 is 40.5 Å². The Bertz CT molecular complexity index is 1010. The standard InChI is InChI=1S/C24H36N2O7S/c1-15(2)11-20(24(29)32-6)25-22(27)14-33-23(28)19-12-17(4)18(5)21(13-19)34(30,31)26-9-7-16(3)8-10-26/h12-13,15-16,20H,7-11,14H2,1-6H3,(H,25,27). The number of sulfonamides is 1. The van der Waals surface area contributed by atoms with E-state index in [0.29, 0.717) is 36.6 Å². The van der Waals surface area contributed by atoms with Crippen molar-refractivity contribution in [3.05, 3.63) is 28.8 Å². The Hall–Kier alpha value is -2.46. The molecule has 9 nitrogen and oxygen atoms in total. The highest BCUT2D eigenvalue weighted by Gasteiger charge is 2.31. The Morgan fingerprint density at radius 1 is 1.15 bits per heavy atom. The molecule has 0 saturated carbocycles. The topological polar surface area (TPSA) is 119 Å². The van der Waals surface area contributed by atoms with Crippen LogP contribution in [-0.4, -0.2) is 63.4 Å². The number of hydrogen-bond donors (Lipinski definition) is 1. The van der Waals surface area contributed by atoms with E-state index in [2.05, 4.69) is 12.2 Å². The van der Waals surface area contributed by atoms with Crippen LogP contribution >= 0.6 is 0 Å². The summed E-state index contributed by atoms with van der Waals surface area (Å²) in [4.78, 5) is 36.9. The number of piperidine rings is 1. The third-order valence-corrected chi connectivity index (χ3v) is 8.10. The number of nitrogens with one attached hydrogen (secondary N) is 1. The van der Waals surface area contributed by atoms with E-state index in [-0.39, 0.29) is 16.4 Å². The first-order chi connectivity index (χ1) is 15.9. The number of rotatable bonds is 9. The number of hydrogen-bond acceptors (Lipinski definition) is 7. The summed E-state index contributed by atoms with van der Waals surface area (Å²) in [7, 11) is -2.54. The molecular formula is C24H36N2O7S. The van der Waals surface area contributed by atoms with Gasteiger partial charge in [0.05, 0.1) is 17.6 Å². The number of amides is 1. The van der Waals surface area contributed by atoms with Gasteiger partial charge in [-0.3, -0.25) is 4.79 Å². The quantitative estimate of drug-likeness (QED) is 0.522. The van der Waals surface area contributed by atoms with Crippen molar-refractivity contribution in [3.63, 3.8) is 0 Å². The van der Waals surface area contributed by atoms with Gasteiger partial charge in [0.2, 0.25) is 10.0 Å². The first kappa shape index (κ1) is 27.8. The number of aryl methyl sites for hydroxylation is 1. The lowest BCUT2D eigenvalue weighted by Crippen LogP contribution is -2.44. The fourth-order valence-electron chi connectivity index (χ4n) is 3.86. The zero-order valence-electron chi connectivity index (χ0n) is 20.8. The predicted octanol–water partition coefficient (Wildman–Crippen LogP) is 2.58. The van der Waals surface area contributed by atoms with Crippen LogP contribution in [0, 0.1) is 25.7 Å². The Kier molecular flexibility index (Phi) is 9.64. The first-order valence-electron chi connectivity index (χ1n) is 11.5. The van der Waals surface area contributed by atoms with Crippen LogP contribution in [0.15, 0.2) is 17.0 Å². The average molecular weight is 497 g/mol. The minimum absolute atomic E-state index is 0.0477. The van der Waals surface area contributed by atoms with E-state index in [4.69, 9.17) is 9.47 Å². The van der Waals surface area contributed by atoms with Crippen molar-refractivity contribution >= 4 is 27.9 Å². The lowest BCUT2D eigenvalue weighted by molar-refractivity contribution is -0.145. The van der Waals surface area contributed by atoms with E-state index in [1.54, 1.807) is 19.9 Å². The summed E-state index contributed by atoms with van der Waals surface area (Å²) < 4.78 is 37.8. The number of nitrogens with zero attached hydrogens (tertiary/aromatic N) is 1. The van der Waals surface area contributed by atoms with Gasteiger partial charge in [-0.1, -0.05) is 20.8 Å². The molecule has 1 fully saturated rings. The number of carbonyl (C=O) groups excluding carboxylic acids is 3. The number of benzene rings is 1. The minimum atomic E-state index is -3.77. The molecule has 1 unspecified atom stereocenters. The van der Waals surface area contributed by atoms with Gasteiger partial charge < -0.3 is 14.8 Å². The van der Waals surface area contributed by atoms with Gasteiger partial charge in [0.15, 0.2) is 6.61 Å². The van der Waals surface area contributed by atoms with Gasteiger partial charge in [0.1, 0.15) is 6.04 Å². The lowest BCUT2D eigenvalue weighted by atomic mass is 10.0. The molecule has 1 aromatic carbocycles. The smallest absolute Gasteiger partial charge is 0.338 e. The maximum Gasteiger partial charge on any atom is 0.338 e. The van der Waals surface area contributed by atoms with E-state index >= 15 is 0 Å². The molecule has 2 rings (SSSR count). The van der Waals surface area contributed by atoms with Crippen molar-refractivity contribution in [3.8, 4) is 0 Å². The van der Waals surface area contributed by atoms with Crippen molar-refractivity contribution < 1.29 is 32.3 Å². The molecule has 1 N–H and O–H groups in total. The van der Waals surface area contributed by atoms with Crippen molar-refractivity contribution in [1.82, 2.24) is 9.62 Å². The Morgan fingerprint density at radius 3 is 2.32 bits per heavy atom. The Morgan fingerprint density at radius 2 is 1.76 bits per heavy atom. The zero-order chi connectivity index (χ0) is 25.6. The zero-order valence-corrected chi connectivity index (χ0v) is 21.7. The molecule has 1 amide bonds. The van der Waals surface area contributed by atoms with Crippen LogP contribution in [0.25, 0.3) is 0 Å². The van der Waals surface area contributed by atoms with Gasteiger partial charge in [-0.25, -0.2) is 18.0 Å². The Balaban J connectivity index is 2.14. The fraction of sp³-hybridized carbons (Fsp3) is 0.625. The highest BCUT2D eigenvalue weighted by molar-refractivity contribution is 7.89. The summed E-state index contributed by atoms with van der Waals surface area (Å²) in [6, 6.07) is 2.01.